The lowest BCUT2D eigenvalue weighted by molar-refractivity contribution is -0.125. The molecule has 1 aliphatic rings. The number of piperidine rings is 1. The molecule has 1 aliphatic heterocycles. The molecule has 3 heterocycles. The molecule has 4 rings (SSSR count). The molecule has 0 aliphatic carbocycles. The minimum atomic E-state index is -0.121. The molecule has 8 nitrogen and oxygen atoms in total. The monoisotopic (exact) mass is 393 g/mol. The van der Waals surface area contributed by atoms with Gasteiger partial charge in [-0.15, -0.1) is 0 Å². The van der Waals surface area contributed by atoms with E-state index in [9.17, 15) is 4.79 Å². The number of hydrogen-bond donors (Lipinski definition) is 1. The van der Waals surface area contributed by atoms with Gasteiger partial charge in [0.05, 0.1) is 25.3 Å². The zero-order chi connectivity index (χ0) is 20.1. The van der Waals surface area contributed by atoms with Gasteiger partial charge in [0, 0.05) is 24.8 Å². The Morgan fingerprint density at radius 1 is 1.28 bits per heavy atom. The van der Waals surface area contributed by atoms with Crippen LogP contribution in [0.3, 0.4) is 0 Å². The standard InChI is InChI=1S/C21H23N5O3/c1-28-18-9-7-15(8-10-18)19-24-21(29-25-19)26-12-4-5-16(14-26)20(27)23-13-17-6-2-3-11-22-17/h2-3,6-11,16H,4-5,12-14H2,1H3,(H,23,27). The number of carbonyl (C=O) groups excluding carboxylic acids is 1. The summed E-state index contributed by atoms with van der Waals surface area (Å²) >= 11 is 0. The van der Waals surface area contributed by atoms with Crippen LogP contribution < -0.4 is 15.0 Å². The van der Waals surface area contributed by atoms with Gasteiger partial charge < -0.3 is 19.5 Å². The quantitative estimate of drug-likeness (QED) is 0.688. The summed E-state index contributed by atoms with van der Waals surface area (Å²) in [5.41, 5.74) is 1.69. The number of nitrogens with zero attached hydrogens (tertiary/aromatic N) is 4. The number of hydrogen-bond acceptors (Lipinski definition) is 7. The molecule has 8 heteroatoms. The highest BCUT2D eigenvalue weighted by Crippen LogP contribution is 2.25. The van der Waals surface area contributed by atoms with Crippen LogP contribution in [0.15, 0.2) is 53.2 Å². The maximum atomic E-state index is 12.6. The molecule has 3 aromatic rings. The van der Waals surface area contributed by atoms with E-state index in [1.165, 1.54) is 0 Å². The van der Waals surface area contributed by atoms with Crippen LogP contribution in [0.5, 0.6) is 5.75 Å². The molecule has 1 atom stereocenters. The minimum absolute atomic E-state index is 0.0234. The van der Waals surface area contributed by atoms with Crippen molar-refractivity contribution in [2.75, 3.05) is 25.1 Å². The molecular weight excluding hydrogens is 370 g/mol. The van der Waals surface area contributed by atoms with Crippen molar-refractivity contribution in [3.63, 3.8) is 0 Å². The third kappa shape index (κ3) is 4.53. The second-order valence-corrected chi connectivity index (χ2v) is 6.95. The number of aromatic nitrogens is 3. The Labute approximate surface area is 168 Å². The predicted molar refractivity (Wildman–Crippen MR) is 107 cm³/mol. The minimum Gasteiger partial charge on any atom is -0.497 e. The van der Waals surface area contributed by atoms with Crippen LogP contribution in [0.25, 0.3) is 11.4 Å². The van der Waals surface area contributed by atoms with E-state index in [0.29, 0.717) is 24.9 Å². The van der Waals surface area contributed by atoms with Crippen molar-refractivity contribution in [2.24, 2.45) is 5.92 Å². The van der Waals surface area contributed by atoms with Gasteiger partial charge in [-0.2, -0.15) is 4.98 Å². The van der Waals surface area contributed by atoms with Gasteiger partial charge in [0.1, 0.15) is 5.75 Å². The highest BCUT2D eigenvalue weighted by Gasteiger charge is 2.28. The van der Waals surface area contributed by atoms with Crippen LogP contribution in [0.1, 0.15) is 18.5 Å². The normalized spacial score (nSPS) is 16.4. The van der Waals surface area contributed by atoms with Crippen LogP contribution >= 0.6 is 0 Å². The smallest absolute Gasteiger partial charge is 0.324 e. The van der Waals surface area contributed by atoms with Crippen molar-refractivity contribution in [2.45, 2.75) is 19.4 Å². The first-order chi connectivity index (χ1) is 14.2. The zero-order valence-corrected chi connectivity index (χ0v) is 16.2. The van der Waals surface area contributed by atoms with Crippen molar-refractivity contribution < 1.29 is 14.1 Å². The molecule has 0 saturated carbocycles. The Bertz CT molecular complexity index is 942. The fourth-order valence-corrected chi connectivity index (χ4v) is 3.39. The van der Waals surface area contributed by atoms with Crippen molar-refractivity contribution >= 4 is 11.9 Å². The third-order valence-corrected chi connectivity index (χ3v) is 5.00. The molecule has 150 valence electrons. The first-order valence-electron chi connectivity index (χ1n) is 9.63. The number of ether oxygens (including phenoxy) is 1. The fraction of sp³-hybridized carbons (Fsp3) is 0.333. The Balaban J connectivity index is 1.38. The Kier molecular flexibility index (Phi) is 5.69. The molecule has 0 spiro atoms. The predicted octanol–water partition coefficient (Wildman–Crippen LogP) is 2.67. The van der Waals surface area contributed by atoms with E-state index in [-0.39, 0.29) is 11.8 Å². The summed E-state index contributed by atoms with van der Waals surface area (Å²) in [6, 6.07) is 13.6. The molecule has 1 aromatic carbocycles. The van der Waals surface area contributed by atoms with E-state index < -0.39 is 0 Å². The van der Waals surface area contributed by atoms with E-state index in [0.717, 1.165) is 36.4 Å². The van der Waals surface area contributed by atoms with Gasteiger partial charge in [0.15, 0.2) is 0 Å². The summed E-state index contributed by atoms with van der Waals surface area (Å²) in [7, 11) is 1.63. The van der Waals surface area contributed by atoms with E-state index in [1.807, 2.05) is 47.4 Å². The summed E-state index contributed by atoms with van der Waals surface area (Å²) in [5.74, 6) is 1.19. The summed E-state index contributed by atoms with van der Waals surface area (Å²) in [6.45, 7) is 1.77. The van der Waals surface area contributed by atoms with Gasteiger partial charge in [0.2, 0.25) is 11.7 Å². The molecular formula is C21H23N5O3. The topological polar surface area (TPSA) is 93.4 Å². The summed E-state index contributed by atoms with van der Waals surface area (Å²) in [4.78, 5) is 23.3. The molecule has 1 N–H and O–H groups in total. The number of pyridine rings is 1. The van der Waals surface area contributed by atoms with Crippen molar-refractivity contribution in [3.05, 3.63) is 54.4 Å². The number of nitrogens with one attached hydrogen (secondary N) is 1. The van der Waals surface area contributed by atoms with Crippen LogP contribution in [0.4, 0.5) is 6.01 Å². The molecule has 0 radical (unpaired) electrons. The van der Waals surface area contributed by atoms with Gasteiger partial charge in [-0.05, 0) is 49.2 Å². The number of amides is 1. The van der Waals surface area contributed by atoms with Crippen molar-refractivity contribution in [1.29, 1.82) is 0 Å². The van der Waals surface area contributed by atoms with Gasteiger partial charge in [0.25, 0.3) is 0 Å². The van der Waals surface area contributed by atoms with Gasteiger partial charge in [-0.25, -0.2) is 0 Å². The largest absolute Gasteiger partial charge is 0.497 e. The molecule has 29 heavy (non-hydrogen) atoms. The first kappa shape index (κ1) is 18.9. The SMILES string of the molecule is COc1ccc(-c2noc(N3CCCC(C(=O)NCc4ccccn4)C3)n2)cc1. The third-order valence-electron chi connectivity index (χ3n) is 5.00. The number of methoxy groups -OCH3 is 1. The van der Waals surface area contributed by atoms with Gasteiger partial charge in [-0.3, -0.25) is 9.78 Å². The molecule has 0 bridgehead atoms. The Morgan fingerprint density at radius 2 is 2.14 bits per heavy atom. The molecule has 2 aromatic heterocycles. The average Bonchev–Trinajstić information content (AvgIpc) is 3.29. The number of rotatable bonds is 6. The molecule has 1 amide bonds. The molecule has 1 unspecified atom stereocenters. The molecule has 1 saturated heterocycles. The van der Waals surface area contributed by atoms with Crippen LogP contribution in [-0.4, -0.2) is 41.2 Å². The maximum absolute atomic E-state index is 12.6. The highest BCUT2D eigenvalue weighted by molar-refractivity contribution is 5.79. The second kappa shape index (κ2) is 8.72. The molecule has 1 fully saturated rings. The van der Waals surface area contributed by atoms with E-state index in [2.05, 4.69) is 20.4 Å². The average molecular weight is 393 g/mol. The van der Waals surface area contributed by atoms with E-state index in [1.54, 1.807) is 13.3 Å². The maximum Gasteiger partial charge on any atom is 0.324 e. The lowest BCUT2D eigenvalue weighted by Gasteiger charge is -2.30. The lowest BCUT2D eigenvalue weighted by Crippen LogP contribution is -2.43. The van der Waals surface area contributed by atoms with Crippen LogP contribution in [-0.2, 0) is 11.3 Å². The van der Waals surface area contributed by atoms with E-state index in [4.69, 9.17) is 9.26 Å². The fourth-order valence-electron chi connectivity index (χ4n) is 3.39. The van der Waals surface area contributed by atoms with Gasteiger partial charge >= 0.3 is 6.01 Å². The number of anilines is 1. The lowest BCUT2D eigenvalue weighted by atomic mass is 9.97. The Hall–Kier alpha value is -3.42. The highest BCUT2D eigenvalue weighted by atomic mass is 16.5. The first-order valence-corrected chi connectivity index (χ1v) is 9.63. The van der Waals surface area contributed by atoms with Crippen LogP contribution in [0.2, 0.25) is 0 Å². The number of benzene rings is 1. The number of carbonyl (C=O) groups is 1. The van der Waals surface area contributed by atoms with Crippen molar-refractivity contribution in [1.82, 2.24) is 20.4 Å². The van der Waals surface area contributed by atoms with Crippen molar-refractivity contribution in [3.8, 4) is 17.1 Å². The summed E-state index contributed by atoms with van der Waals surface area (Å²) in [5, 5.41) is 7.06. The summed E-state index contributed by atoms with van der Waals surface area (Å²) in [6.07, 6.45) is 3.45. The summed E-state index contributed by atoms with van der Waals surface area (Å²) < 4.78 is 10.6. The second-order valence-electron chi connectivity index (χ2n) is 6.95. The van der Waals surface area contributed by atoms with Gasteiger partial charge in [-0.1, -0.05) is 11.2 Å². The zero-order valence-electron chi connectivity index (χ0n) is 16.2. The Morgan fingerprint density at radius 3 is 2.90 bits per heavy atom. The van der Waals surface area contributed by atoms with Crippen LogP contribution in [0, 0.1) is 5.92 Å². The van der Waals surface area contributed by atoms with E-state index >= 15 is 0 Å².